The lowest BCUT2D eigenvalue weighted by Crippen LogP contribution is -2.37. The molecule has 4 N–H and O–H groups in total. The molecule has 1 heterocycles. The van der Waals surface area contributed by atoms with E-state index in [0.717, 1.165) is 5.69 Å². The maximum atomic E-state index is 11.6. The molecule has 7 nitrogen and oxygen atoms in total. The van der Waals surface area contributed by atoms with Crippen LogP contribution in [-0.4, -0.2) is 35.5 Å². The van der Waals surface area contributed by atoms with Crippen LogP contribution < -0.4 is 21.5 Å². The van der Waals surface area contributed by atoms with E-state index in [2.05, 4.69) is 20.7 Å². The molecule has 0 aliphatic rings. The lowest BCUT2D eigenvalue weighted by molar-refractivity contribution is -0.119. The number of nitrogens with two attached hydrogens (primary N) is 1. The molecule has 0 saturated heterocycles. The van der Waals surface area contributed by atoms with Gasteiger partial charge in [-0.2, -0.15) is 4.98 Å². The van der Waals surface area contributed by atoms with E-state index < -0.39 is 0 Å². The van der Waals surface area contributed by atoms with Gasteiger partial charge in [-0.3, -0.25) is 10.2 Å². The first-order valence-electron chi connectivity index (χ1n) is 5.94. The number of hydrogen-bond donors (Lipinski definition) is 3. The summed E-state index contributed by atoms with van der Waals surface area (Å²) in [6.07, 6.45) is 0. The van der Waals surface area contributed by atoms with Crippen LogP contribution >= 0.6 is 0 Å². The number of likely N-dealkylation sites (N-methyl/N-ethyl adjacent to an activating group) is 2. The fraction of sp³-hybridized carbons (Fsp3) is 0.545. The molecule has 0 aliphatic heterocycles. The average molecular weight is 252 g/mol. The van der Waals surface area contributed by atoms with Crippen molar-refractivity contribution in [2.75, 3.05) is 30.0 Å². The van der Waals surface area contributed by atoms with Crippen molar-refractivity contribution in [2.45, 2.75) is 20.8 Å². The molecule has 0 aliphatic carbocycles. The maximum Gasteiger partial charge on any atom is 0.239 e. The van der Waals surface area contributed by atoms with Crippen LogP contribution in [0.25, 0.3) is 0 Å². The summed E-state index contributed by atoms with van der Waals surface area (Å²) in [5.41, 5.74) is 3.21. The SMILES string of the molecule is CCNC(=O)CN(CC)c1cc(C)nc(NN)n1. The molecule has 7 heteroatoms. The fourth-order valence-corrected chi connectivity index (χ4v) is 1.56. The summed E-state index contributed by atoms with van der Waals surface area (Å²) in [7, 11) is 0. The number of nitrogen functional groups attached to an aromatic ring is 1. The summed E-state index contributed by atoms with van der Waals surface area (Å²) in [4.78, 5) is 21.8. The van der Waals surface area contributed by atoms with Crippen LogP contribution in [0.2, 0.25) is 0 Å². The summed E-state index contributed by atoms with van der Waals surface area (Å²) >= 11 is 0. The van der Waals surface area contributed by atoms with E-state index >= 15 is 0 Å². The highest BCUT2D eigenvalue weighted by Gasteiger charge is 2.12. The number of hydrogen-bond acceptors (Lipinski definition) is 6. The van der Waals surface area contributed by atoms with Gasteiger partial charge >= 0.3 is 0 Å². The predicted octanol–water partition coefficient (Wildman–Crippen LogP) is 0.0330. The van der Waals surface area contributed by atoms with Crippen LogP contribution in [0.15, 0.2) is 6.07 Å². The Morgan fingerprint density at radius 2 is 2.17 bits per heavy atom. The van der Waals surface area contributed by atoms with Crippen molar-refractivity contribution in [3.05, 3.63) is 11.8 Å². The first-order chi connectivity index (χ1) is 8.60. The number of carbonyl (C=O) groups excluding carboxylic acids is 1. The van der Waals surface area contributed by atoms with Crippen molar-refractivity contribution in [1.29, 1.82) is 0 Å². The Kier molecular flexibility index (Phi) is 5.31. The third-order valence-corrected chi connectivity index (χ3v) is 2.38. The zero-order valence-electron chi connectivity index (χ0n) is 11.0. The van der Waals surface area contributed by atoms with Crippen LogP contribution in [0.1, 0.15) is 19.5 Å². The molecule has 100 valence electrons. The van der Waals surface area contributed by atoms with Gasteiger partial charge in [-0.05, 0) is 20.8 Å². The van der Waals surface area contributed by atoms with E-state index in [1.165, 1.54) is 0 Å². The minimum atomic E-state index is -0.0297. The van der Waals surface area contributed by atoms with Gasteiger partial charge in [0.25, 0.3) is 0 Å². The topological polar surface area (TPSA) is 96.2 Å². The molecule has 1 aromatic heterocycles. The lowest BCUT2D eigenvalue weighted by Gasteiger charge is -2.21. The van der Waals surface area contributed by atoms with E-state index in [-0.39, 0.29) is 12.5 Å². The summed E-state index contributed by atoms with van der Waals surface area (Å²) in [6.45, 7) is 7.27. The van der Waals surface area contributed by atoms with Crippen molar-refractivity contribution in [1.82, 2.24) is 15.3 Å². The Morgan fingerprint density at radius 1 is 1.44 bits per heavy atom. The first-order valence-corrected chi connectivity index (χ1v) is 5.94. The third-order valence-electron chi connectivity index (χ3n) is 2.38. The number of rotatable bonds is 6. The molecule has 0 radical (unpaired) electrons. The van der Waals surface area contributed by atoms with Gasteiger partial charge in [0.1, 0.15) is 5.82 Å². The predicted molar refractivity (Wildman–Crippen MR) is 71.1 cm³/mol. The number of amides is 1. The Bertz CT molecular complexity index is 409. The van der Waals surface area contributed by atoms with Gasteiger partial charge in [-0.25, -0.2) is 10.8 Å². The molecule has 0 saturated carbocycles. The van der Waals surface area contributed by atoms with Crippen LogP contribution in [-0.2, 0) is 4.79 Å². The Labute approximate surface area is 107 Å². The maximum absolute atomic E-state index is 11.6. The number of nitrogens with one attached hydrogen (secondary N) is 2. The van der Waals surface area contributed by atoms with Crippen LogP contribution in [0.3, 0.4) is 0 Å². The van der Waals surface area contributed by atoms with Gasteiger partial charge in [0, 0.05) is 24.8 Å². The van der Waals surface area contributed by atoms with Crippen molar-refractivity contribution >= 4 is 17.7 Å². The van der Waals surface area contributed by atoms with Crippen molar-refractivity contribution in [2.24, 2.45) is 5.84 Å². The summed E-state index contributed by atoms with van der Waals surface area (Å²) in [5, 5.41) is 2.76. The molecule has 0 spiro atoms. The highest BCUT2D eigenvalue weighted by atomic mass is 16.2. The molecular weight excluding hydrogens is 232 g/mol. The second kappa shape index (κ2) is 6.75. The quantitative estimate of drug-likeness (QED) is 0.488. The highest BCUT2D eigenvalue weighted by molar-refractivity contribution is 5.81. The standard InChI is InChI=1S/C11H20N6O/c1-4-13-10(18)7-17(5-2)9-6-8(3)14-11(15-9)16-12/h6H,4-5,7,12H2,1-3H3,(H,13,18)(H,14,15,16). The number of carbonyl (C=O) groups is 1. The zero-order valence-corrected chi connectivity index (χ0v) is 11.0. The Hall–Kier alpha value is -1.89. The summed E-state index contributed by atoms with van der Waals surface area (Å²) in [6, 6.07) is 1.82. The Morgan fingerprint density at radius 3 is 2.72 bits per heavy atom. The summed E-state index contributed by atoms with van der Waals surface area (Å²) < 4.78 is 0. The van der Waals surface area contributed by atoms with Gasteiger partial charge < -0.3 is 10.2 Å². The molecule has 0 atom stereocenters. The van der Waals surface area contributed by atoms with Gasteiger partial charge in [0.2, 0.25) is 11.9 Å². The molecular formula is C11H20N6O. The van der Waals surface area contributed by atoms with Crippen molar-refractivity contribution in [3.8, 4) is 0 Å². The van der Waals surface area contributed by atoms with Gasteiger partial charge in [-0.15, -0.1) is 0 Å². The van der Waals surface area contributed by atoms with Crippen molar-refractivity contribution < 1.29 is 4.79 Å². The average Bonchev–Trinajstić information content (AvgIpc) is 2.35. The largest absolute Gasteiger partial charge is 0.355 e. The molecule has 0 bridgehead atoms. The van der Waals surface area contributed by atoms with Gasteiger partial charge in [-0.1, -0.05) is 0 Å². The van der Waals surface area contributed by atoms with Crippen LogP contribution in [0.5, 0.6) is 0 Å². The third kappa shape index (κ3) is 3.85. The number of aromatic nitrogens is 2. The number of hydrazine groups is 1. The zero-order chi connectivity index (χ0) is 13.5. The molecule has 0 unspecified atom stereocenters. The number of nitrogens with zero attached hydrogens (tertiary/aromatic N) is 3. The minimum Gasteiger partial charge on any atom is -0.355 e. The van der Waals surface area contributed by atoms with E-state index in [1.54, 1.807) is 0 Å². The summed E-state index contributed by atoms with van der Waals surface area (Å²) in [5.74, 6) is 6.31. The van der Waals surface area contributed by atoms with E-state index in [0.29, 0.717) is 24.9 Å². The van der Waals surface area contributed by atoms with E-state index in [1.807, 2.05) is 31.7 Å². The molecule has 1 aromatic rings. The van der Waals surface area contributed by atoms with Gasteiger partial charge in [0.15, 0.2) is 0 Å². The van der Waals surface area contributed by atoms with E-state index in [9.17, 15) is 4.79 Å². The molecule has 18 heavy (non-hydrogen) atoms. The first kappa shape index (κ1) is 14.2. The highest BCUT2D eigenvalue weighted by Crippen LogP contribution is 2.13. The van der Waals surface area contributed by atoms with Crippen molar-refractivity contribution in [3.63, 3.8) is 0 Å². The fourth-order valence-electron chi connectivity index (χ4n) is 1.56. The second-order valence-corrected chi connectivity index (χ2v) is 3.80. The van der Waals surface area contributed by atoms with Gasteiger partial charge in [0.05, 0.1) is 6.54 Å². The number of aryl methyl sites for hydroxylation is 1. The molecule has 1 amide bonds. The molecule has 1 rings (SSSR count). The minimum absolute atomic E-state index is 0.0297. The van der Waals surface area contributed by atoms with E-state index in [4.69, 9.17) is 5.84 Å². The lowest BCUT2D eigenvalue weighted by atomic mass is 10.3. The smallest absolute Gasteiger partial charge is 0.239 e. The number of anilines is 2. The second-order valence-electron chi connectivity index (χ2n) is 3.80. The monoisotopic (exact) mass is 252 g/mol. The molecule has 0 aromatic carbocycles. The van der Waals surface area contributed by atoms with Crippen LogP contribution in [0, 0.1) is 6.92 Å². The Balaban J connectivity index is 2.87. The molecule has 0 fully saturated rings. The van der Waals surface area contributed by atoms with Crippen LogP contribution in [0.4, 0.5) is 11.8 Å². The normalized spacial score (nSPS) is 10.0.